The highest BCUT2D eigenvalue weighted by molar-refractivity contribution is 5.91. The van der Waals surface area contributed by atoms with Gasteiger partial charge in [-0.05, 0) is 23.8 Å². The fraction of sp³-hybridized carbons (Fsp3) is 0.0909. The number of hydrogen-bond donors (Lipinski definition) is 1. The number of fused-ring (bicyclic) bond motifs is 2. The van der Waals surface area contributed by atoms with Crippen molar-refractivity contribution in [2.24, 2.45) is 0 Å². The van der Waals surface area contributed by atoms with Gasteiger partial charge in [0, 0.05) is 23.0 Å². The lowest BCUT2D eigenvalue weighted by molar-refractivity contribution is 0.346. The Morgan fingerprint density at radius 2 is 1.60 bits per heavy atom. The van der Waals surface area contributed by atoms with Crippen LogP contribution in [0.1, 0.15) is 5.56 Å². The number of H-pyrrole nitrogens is 1. The molecule has 5 rings (SSSR count). The van der Waals surface area contributed by atoms with Crippen molar-refractivity contribution in [1.29, 1.82) is 0 Å². The smallest absolute Gasteiger partial charge is 0.162 e. The van der Waals surface area contributed by atoms with Crippen LogP contribution in [0.15, 0.2) is 78.9 Å². The number of hydrogen-bond acceptors (Lipinski definition) is 2. The quantitative estimate of drug-likeness (QED) is 0.561. The summed E-state index contributed by atoms with van der Waals surface area (Å²) in [6.07, 6.45) is 0. The van der Waals surface area contributed by atoms with E-state index in [-0.39, 0.29) is 0 Å². The van der Waals surface area contributed by atoms with Crippen LogP contribution in [0.5, 0.6) is 5.75 Å². The van der Waals surface area contributed by atoms with Gasteiger partial charge in [0.25, 0.3) is 0 Å². The molecule has 0 bridgehead atoms. The van der Waals surface area contributed by atoms with Crippen molar-refractivity contribution in [3.63, 3.8) is 0 Å². The Bertz CT molecular complexity index is 1040. The number of nitrogens with one attached hydrogen (secondary N) is 1. The zero-order valence-electron chi connectivity index (χ0n) is 13.8. The molecule has 3 nitrogen and oxygen atoms in total. The number of ether oxygens (including phenoxy) is 1. The van der Waals surface area contributed by atoms with Crippen molar-refractivity contribution in [2.75, 3.05) is 11.6 Å². The van der Waals surface area contributed by atoms with E-state index in [0.717, 1.165) is 18.0 Å². The summed E-state index contributed by atoms with van der Waals surface area (Å²) in [6.45, 7) is 1.40. The molecule has 0 fully saturated rings. The Morgan fingerprint density at radius 3 is 2.52 bits per heavy atom. The van der Waals surface area contributed by atoms with Crippen LogP contribution < -0.4 is 9.64 Å². The number of rotatable bonds is 3. The van der Waals surface area contributed by atoms with E-state index < -0.39 is 0 Å². The molecule has 3 heteroatoms. The third-order valence-electron chi connectivity index (χ3n) is 4.81. The van der Waals surface area contributed by atoms with Crippen LogP contribution in [0.2, 0.25) is 0 Å². The molecule has 1 N–H and O–H groups in total. The van der Waals surface area contributed by atoms with E-state index in [1.54, 1.807) is 0 Å². The van der Waals surface area contributed by atoms with Gasteiger partial charge in [-0.3, -0.25) is 0 Å². The second kappa shape index (κ2) is 5.71. The average molecular weight is 326 g/mol. The topological polar surface area (TPSA) is 28.3 Å². The number of benzene rings is 3. The summed E-state index contributed by atoms with van der Waals surface area (Å²) >= 11 is 0. The van der Waals surface area contributed by atoms with E-state index in [9.17, 15) is 0 Å². The monoisotopic (exact) mass is 326 g/mol. The third-order valence-corrected chi connectivity index (χ3v) is 4.81. The molecule has 0 saturated carbocycles. The molecule has 0 radical (unpaired) electrons. The highest BCUT2D eigenvalue weighted by Gasteiger charge is 2.23. The van der Waals surface area contributed by atoms with E-state index in [1.807, 2.05) is 12.1 Å². The molecule has 0 amide bonds. The SMILES string of the molecule is c1ccc(-c2[nH]c3ccccc3c2CN2COc3ccccc32)cc1. The molecule has 4 aromatic rings. The van der Waals surface area contributed by atoms with Gasteiger partial charge in [-0.15, -0.1) is 0 Å². The van der Waals surface area contributed by atoms with Gasteiger partial charge in [0.2, 0.25) is 0 Å². The first-order valence-corrected chi connectivity index (χ1v) is 8.52. The highest BCUT2D eigenvalue weighted by atomic mass is 16.5. The number of nitrogens with zero attached hydrogens (tertiary/aromatic N) is 1. The van der Waals surface area contributed by atoms with Gasteiger partial charge < -0.3 is 14.6 Å². The van der Waals surface area contributed by atoms with Gasteiger partial charge in [0.15, 0.2) is 6.73 Å². The van der Waals surface area contributed by atoms with Crippen molar-refractivity contribution in [3.05, 3.63) is 84.4 Å². The first kappa shape index (κ1) is 14.2. The minimum atomic E-state index is 0.590. The molecule has 0 aliphatic carbocycles. The molecule has 0 atom stereocenters. The van der Waals surface area contributed by atoms with Gasteiger partial charge in [-0.2, -0.15) is 0 Å². The van der Waals surface area contributed by atoms with Crippen molar-refractivity contribution >= 4 is 16.6 Å². The summed E-state index contributed by atoms with van der Waals surface area (Å²) in [4.78, 5) is 5.90. The first-order chi connectivity index (χ1) is 12.4. The van der Waals surface area contributed by atoms with Crippen LogP contribution in [0, 0.1) is 0 Å². The molecular formula is C22H18N2O. The largest absolute Gasteiger partial charge is 0.471 e. The van der Waals surface area contributed by atoms with Gasteiger partial charge in [0.05, 0.1) is 11.4 Å². The maximum absolute atomic E-state index is 5.83. The summed E-state index contributed by atoms with van der Waals surface area (Å²) < 4.78 is 5.83. The first-order valence-electron chi connectivity index (χ1n) is 8.52. The van der Waals surface area contributed by atoms with Crippen LogP contribution in [-0.2, 0) is 6.54 Å². The minimum absolute atomic E-state index is 0.590. The highest BCUT2D eigenvalue weighted by Crippen LogP contribution is 2.37. The predicted molar refractivity (Wildman–Crippen MR) is 102 cm³/mol. The standard InChI is InChI=1S/C22H18N2O/c1-2-8-16(9-3-1)22-18(17-10-4-5-11-19(17)23-22)14-24-15-25-21-13-7-6-12-20(21)24/h1-13,23H,14-15H2. The molecule has 2 heterocycles. The van der Waals surface area contributed by atoms with Crippen molar-refractivity contribution in [3.8, 4) is 17.0 Å². The molecule has 1 aliphatic heterocycles. The molecule has 0 spiro atoms. The lowest BCUT2D eigenvalue weighted by atomic mass is 10.0. The third kappa shape index (κ3) is 2.36. The summed E-state index contributed by atoms with van der Waals surface area (Å²) in [5.41, 5.74) is 6.03. The number of aromatic amines is 1. The molecule has 1 aromatic heterocycles. The Balaban J connectivity index is 1.63. The van der Waals surface area contributed by atoms with E-state index in [4.69, 9.17) is 4.74 Å². The number of para-hydroxylation sites is 3. The van der Waals surface area contributed by atoms with E-state index in [0.29, 0.717) is 6.73 Å². The Labute approximate surface area is 146 Å². The zero-order valence-corrected chi connectivity index (χ0v) is 13.8. The molecule has 3 aromatic carbocycles. The second-order valence-electron chi connectivity index (χ2n) is 6.33. The molecule has 25 heavy (non-hydrogen) atoms. The van der Waals surface area contributed by atoms with E-state index in [1.165, 1.54) is 27.7 Å². The van der Waals surface area contributed by atoms with Crippen molar-refractivity contribution in [2.45, 2.75) is 6.54 Å². The maximum Gasteiger partial charge on any atom is 0.162 e. The normalized spacial score (nSPS) is 13.0. The molecule has 0 saturated heterocycles. The minimum Gasteiger partial charge on any atom is -0.471 e. The van der Waals surface area contributed by atoms with Gasteiger partial charge in [0.1, 0.15) is 5.75 Å². The van der Waals surface area contributed by atoms with Crippen LogP contribution in [0.3, 0.4) is 0 Å². The Hall–Kier alpha value is -3.20. The van der Waals surface area contributed by atoms with Crippen LogP contribution in [-0.4, -0.2) is 11.7 Å². The fourth-order valence-electron chi connectivity index (χ4n) is 3.59. The Morgan fingerprint density at radius 1 is 0.840 bits per heavy atom. The molecule has 0 unspecified atom stereocenters. The molecular weight excluding hydrogens is 308 g/mol. The van der Waals surface area contributed by atoms with Crippen LogP contribution in [0.4, 0.5) is 5.69 Å². The number of aromatic nitrogens is 1. The predicted octanol–water partition coefficient (Wildman–Crippen LogP) is 5.19. The van der Waals surface area contributed by atoms with Crippen LogP contribution >= 0.6 is 0 Å². The molecule has 1 aliphatic rings. The lowest BCUT2D eigenvalue weighted by Crippen LogP contribution is -2.21. The molecule has 122 valence electrons. The Kier molecular flexibility index (Phi) is 3.23. The maximum atomic E-state index is 5.83. The number of anilines is 1. The van der Waals surface area contributed by atoms with Crippen LogP contribution in [0.25, 0.3) is 22.2 Å². The lowest BCUT2D eigenvalue weighted by Gasteiger charge is -2.17. The summed E-state index contributed by atoms with van der Waals surface area (Å²) in [5, 5.41) is 1.27. The van der Waals surface area contributed by atoms with Crippen molar-refractivity contribution < 1.29 is 4.74 Å². The van der Waals surface area contributed by atoms with E-state index >= 15 is 0 Å². The van der Waals surface area contributed by atoms with E-state index in [2.05, 4.69) is 76.6 Å². The second-order valence-corrected chi connectivity index (χ2v) is 6.33. The van der Waals surface area contributed by atoms with Gasteiger partial charge in [-0.1, -0.05) is 60.7 Å². The van der Waals surface area contributed by atoms with Gasteiger partial charge >= 0.3 is 0 Å². The van der Waals surface area contributed by atoms with Crippen molar-refractivity contribution in [1.82, 2.24) is 4.98 Å². The summed E-state index contributed by atoms with van der Waals surface area (Å²) in [5.74, 6) is 0.962. The summed E-state index contributed by atoms with van der Waals surface area (Å²) in [6, 6.07) is 27.3. The zero-order chi connectivity index (χ0) is 16.6. The fourth-order valence-corrected chi connectivity index (χ4v) is 3.59. The van der Waals surface area contributed by atoms with Gasteiger partial charge in [-0.25, -0.2) is 0 Å². The average Bonchev–Trinajstić information content (AvgIpc) is 3.25. The summed E-state index contributed by atoms with van der Waals surface area (Å²) in [7, 11) is 0.